The molecule has 1 fully saturated rings. The number of aromatic amines is 1. The van der Waals surface area contributed by atoms with Crippen LogP contribution in [-0.4, -0.2) is 59.3 Å². The number of hydrogen-bond acceptors (Lipinski definition) is 4. The largest absolute Gasteiger partial charge is 0.495 e. The van der Waals surface area contributed by atoms with E-state index in [-0.39, 0.29) is 5.91 Å². The van der Waals surface area contributed by atoms with Crippen molar-refractivity contribution >= 4 is 34.0 Å². The molecular weight excluding hydrogens is 402 g/mol. The maximum Gasteiger partial charge on any atom is 0.280 e. The topological polar surface area (TPSA) is 63.4 Å². The van der Waals surface area contributed by atoms with E-state index in [9.17, 15) is 4.79 Å². The number of likely N-dealkylation sites (N-methyl/N-ethyl adjacent to an activating group) is 1. The predicted molar refractivity (Wildman–Crippen MR) is 127 cm³/mol. The summed E-state index contributed by atoms with van der Waals surface area (Å²) in [6.07, 6.45) is 0.938. The van der Waals surface area contributed by atoms with Gasteiger partial charge >= 0.3 is 0 Å². The Morgan fingerprint density at radius 1 is 1.09 bits per heavy atom. The lowest BCUT2D eigenvalue weighted by Gasteiger charge is -2.34. The zero-order valence-corrected chi connectivity index (χ0v) is 18.8. The van der Waals surface area contributed by atoms with Crippen LogP contribution in [0.2, 0.25) is 0 Å². The molecule has 2 aliphatic heterocycles. The van der Waals surface area contributed by atoms with Gasteiger partial charge in [0, 0.05) is 11.8 Å². The first-order valence-corrected chi connectivity index (χ1v) is 11.3. The second kappa shape index (κ2) is 8.67. The van der Waals surface area contributed by atoms with Crippen LogP contribution in [0, 0.1) is 0 Å². The minimum Gasteiger partial charge on any atom is -0.495 e. The molecule has 0 aliphatic carbocycles. The minimum absolute atomic E-state index is 0.0823. The van der Waals surface area contributed by atoms with Crippen molar-refractivity contribution in [3.63, 3.8) is 0 Å². The Labute approximate surface area is 188 Å². The highest BCUT2D eigenvalue weighted by Crippen LogP contribution is 2.34. The molecule has 3 aromatic rings. The number of ether oxygens (including phenoxy) is 1. The fourth-order valence-corrected chi connectivity index (χ4v) is 4.94. The Bertz CT molecular complexity index is 1140. The number of para-hydroxylation sites is 3. The van der Waals surface area contributed by atoms with Crippen molar-refractivity contribution in [2.75, 3.05) is 68.5 Å². The number of methoxy groups -OCH3 is 1. The number of nitrogens with one attached hydrogen (secondary N) is 3. The summed E-state index contributed by atoms with van der Waals surface area (Å²) in [7, 11) is 3.80. The lowest BCUT2D eigenvalue weighted by Crippen LogP contribution is -3.15. The number of anilines is 3. The third-order valence-corrected chi connectivity index (χ3v) is 6.69. The van der Waals surface area contributed by atoms with E-state index in [0.29, 0.717) is 6.54 Å². The average Bonchev–Trinajstić information content (AvgIpc) is 3.20. The number of quaternary nitrogens is 1. The minimum atomic E-state index is 0.0823. The van der Waals surface area contributed by atoms with Crippen LogP contribution in [0.3, 0.4) is 0 Å². The van der Waals surface area contributed by atoms with Crippen molar-refractivity contribution in [2.24, 2.45) is 0 Å². The number of piperazine rings is 1. The number of fused-ring (bicyclic) bond motifs is 2. The molecule has 2 aliphatic rings. The van der Waals surface area contributed by atoms with E-state index in [2.05, 4.69) is 45.3 Å². The first-order chi connectivity index (χ1) is 15.6. The van der Waals surface area contributed by atoms with E-state index in [4.69, 9.17) is 4.74 Å². The lowest BCUT2D eigenvalue weighted by atomic mass is 10.1. The van der Waals surface area contributed by atoms with Crippen LogP contribution in [0.1, 0.15) is 5.56 Å². The number of aromatic nitrogens is 1. The van der Waals surface area contributed by atoms with E-state index >= 15 is 0 Å². The number of H-pyrrole nitrogens is 1. The monoisotopic (exact) mass is 433 g/mol. The van der Waals surface area contributed by atoms with Gasteiger partial charge in [-0.3, -0.25) is 9.69 Å². The third-order valence-electron chi connectivity index (χ3n) is 6.69. The summed E-state index contributed by atoms with van der Waals surface area (Å²) in [6.45, 7) is 5.11. The van der Waals surface area contributed by atoms with Gasteiger partial charge in [-0.15, -0.1) is 0 Å². The summed E-state index contributed by atoms with van der Waals surface area (Å²) in [5.41, 5.74) is 4.35. The summed E-state index contributed by atoms with van der Waals surface area (Å²) in [6, 6.07) is 16.3. The van der Waals surface area contributed by atoms with Gasteiger partial charge < -0.3 is 19.9 Å². The molecule has 3 N–H and O–H groups in total. The molecule has 166 valence electrons. The van der Waals surface area contributed by atoms with Gasteiger partial charge in [-0.25, -0.2) is 4.98 Å². The number of hydrogen-bond donors (Lipinski definition) is 2. The fourth-order valence-electron chi connectivity index (χ4n) is 4.94. The normalized spacial score (nSPS) is 16.3. The first-order valence-electron chi connectivity index (χ1n) is 11.3. The van der Waals surface area contributed by atoms with Crippen LogP contribution >= 0.6 is 0 Å². The van der Waals surface area contributed by atoms with Crippen LogP contribution < -0.4 is 29.7 Å². The van der Waals surface area contributed by atoms with Crippen LogP contribution in [0.25, 0.3) is 10.9 Å². The van der Waals surface area contributed by atoms with Crippen molar-refractivity contribution in [3.05, 3.63) is 54.1 Å². The summed E-state index contributed by atoms with van der Waals surface area (Å²) in [5, 5.41) is 4.35. The summed E-state index contributed by atoms with van der Waals surface area (Å²) >= 11 is 0. The highest BCUT2D eigenvalue weighted by molar-refractivity contribution is 6.03. The van der Waals surface area contributed by atoms with Gasteiger partial charge in [0.1, 0.15) is 11.3 Å². The standard InChI is InChI=1S/C25H29N5O2/c1-28-12-11-19-24(18-7-3-4-8-20(18)26-25(19)28)27-23(31)17-29-13-15-30(16-14-29)21-9-5-6-10-22(21)32-2/h3-10H,11-17H2,1-2H3,(H,26,27,31)/p+2. The lowest BCUT2D eigenvalue weighted by molar-refractivity contribution is -0.892. The van der Waals surface area contributed by atoms with Crippen LogP contribution in [-0.2, 0) is 11.2 Å². The number of rotatable bonds is 5. The van der Waals surface area contributed by atoms with E-state index < -0.39 is 0 Å². The molecule has 0 saturated carbocycles. The summed E-state index contributed by atoms with van der Waals surface area (Å²) in [5.74, 6) is 2.09. The number of amides is 1. The number of benzene rings is 2. The SMILES string of the molecule is COc1ccccc1N1CC[NH+](CC(=O)Nc2c3c([nH+]c4ccccc24)N(C)CC3)CC1. The second-order valence-corrected chi connectivity index (χ2v) is 8.68. The van der Waals surface area contributed by atoms with Gasteiger partial charge in [-0.05, 0) is 24.3 Å². The molecule has 7 nitrogen and oxygen atoms in total. The van der Waals surface area contributed by atoms with E-state index in [1.54, 1.807) is 7.11 Å². The Kier molecular flexibility index (Phi) is 5.57. The van der Waals surface area contributed by atoms with Crippen molar-refractivity contribution in [1.82, 2.24) is 0 Å². The van der Waals surface area contributed by atoms with Gasteiger partial charge in [-0.2, -0.15) is 0 Å². The molecule has 0 atom stereocenters. The van der Waals surface area contributed by atoms with Gasteiger partial charge in [0.05, 0.1) is 63.8 Å². The zero-order chi connectivity index (χ0) is 22.1. The maximum absolute atomic E-state index is 13.1. The molecule has 5 rings (SSSR count). The zero-order valence-electron chi connectivity index (χ0n) is 18.8. The number of carbonyl (C=O) groups is 1. The summed E-state index contributed by atoms with van der Waals surface area (Å²) in [4.78, 5) is 22.5. The Balaban J connectivity index is 1.27. The number of nitrogens with zero attached hydrogens (tertiary/aromatic N) is 2. The highest BCUT2D eigenvalue weighted by atomic mass is 16.5. The third kappa shape index (κ3) is 3.84. The maximum atomic E-state index is 13.1. The molecule has 2 aromatic carbocycles. The Hall–Kier alpha value is -3.32. The quantitative estimate of drug-likeness (QED) is 0.630. The number of pyridine rings is 1. The Morgan fingerprint density at radius 2 is 1.84 bits per heavy atom. The van der Waals surface area contributed by atoms with Crippen molar-refractivity contribution in [3.8, 4) is 5.75 Å². The molecule has 0 spiro atoms. The molecule has 7 heteroatoms. The molecule has 0 radical (unpaired) electrons. The van der Waals surface area contributed by atoms with Crippen molar-refractivity contribution in [1.29, 1.82) is 0 Å². The smallest absolute Gasteiger partial charge is 0.280 e. The molecule has 1 amide bonds. The van der Waals surface area contributed by atoms with Gasteiger partial charge in [0.2, 0.25) is 0 Å². The van der Waals surface area contributed by atoms with Crippen LogP contribution in [0.15, 0.2) is 48.5 Å². The van der Waals surface area contributed by atoms with E-state index in [0.717, 1.165) is 73.0 Å². The summed E-state index contributed by atoms with van der Waals surface area (Å²) < 4.78 is 5.52. The van der Waals surface area contributed by atoms with Crippen molar-refractivity contribution < 1.29 is 19.4 Å². The van der Waals surface area contributed by atoms with Crippen LogP contribution in [0.5, 0.6) is 5.75 Å². The van der Waals surface area contributed by atoms with Gasteiger partial charge in [-0.1, -0.05) is 24.3 Å². The molecular formula is C25H31N5O2+2. The van der Waals surface area contributed by atoms with Crippen LogP contribution in [0.4, 0.5) is 17.2 Å². The first kappa shape index (κ1) is 20.6. The van der Waals surface area contributed by atoms with E-state index in [1.807, 2.05) is 30.3 Å². The van der Waals surface area contributed by atoms with Crippen molar-refractivity contribution in [2.45, 2.75) is 6.42 Å². The second-order valence-electron chi connectivity index (χ2n) is 8.68. The Morgan fingerprint density at radius 3 is 2.66 bits per heavy atom. The van der Waals surface area contributed by atoms with Gasteiger partial charge in [0.15, 0.2) is 6.54 Å². The predicted octanol–water partition coefficient (Wildman–Crippen LogP) is 0.998. The highest BCUT2D eigenvalue weighted by Gasteiger charge is 2.31. The molecule has 1 aromatic heterocycles. The average molecular weight is 434 g/mol. The molecule has 0 bridgehead atoms. The van der Waals surface area contributed by atoms with Gasteiger partial charge in [0.25, 0.3) is 11.7 Å². The van der Waals surface area contributed by atoms with E-state index in [1.165, 1.54) is 10.5 Å². The molecule has 32 heavy (non-hydrogen) atoms. The molecule has 1 saturated heterocycles. The molecule has 3 heterocycles. The number of carbonyl (C=O) groups excluding carboxylic acids is 1. The fraction of sp³-hybridized carbons (Fsp3) is 0.360. The molecule has 0 unspecified atom stereocenters.